The third kappa shape index (κ3) is 1.81. The summed E-state index contributed by atoms with van der Waals surface area (Å²) in [4.78, 5) is 10.3. The minimum Gasteiger partial charge on any atom is -0.480 e. The molecule has 4 nitrogen and oxygen atoms in total. The van der Waals surface area contributed by atoms with Gasteiger partial charge < -0.3 is 15.3 Å². The Labute approximate surface area is 71.1 Å². The summed E-state index contributed by atoms with van der Waals surface area (Å²) in [6.07, 6.45) is 1.39. The Bertz CT molecular complexity index is 271. The molecular weight excluding hydrogens is 214 g/mol. The molecule has 1 atom stereocenters. The van der Waals surface area contributed by atoms with Crippen molar-refractivity contribution < 1.29 is 14.3 Å². The molecule has 60 valence electrons. The van der Waals surface area contributed by atoms with Gasteiger partial charge in [-0.05, 0) is 22.0 Å². The number of halogens is 1. The minimum atomic E-state index is -1.10. The number of rotatable bonds is 2. The molecule has 1 aromatic heterocycles. The van der Waals surface area contributed by atoms with E-state index < -0.39 is 12.0 Å². The Morgan fingerprint density at radius 3 is 2.82 bits per heavy atom. The molecule has 0 aliphatic carbocycles. The molecule has 0 amide bonds. The third-order valence-corrected chi connectivity index (χ3v) is 1.58. The van der Waals surface area contributed by atoms with Crippen molar-refractivity contribution in [1.82, 2.24) is 0 Å². The van der Waals surface area contributed by atoms with Crippen LogP contribution < -0.4 is 5.73 Å². The summed E-state index contributed by atoms with van der Waals surface area (Å²) < 4.78 is 5.52. The molecule has 0 aliphatic heterocycles. The third-order valence-electron chi connectivity index (χ3n) is 1.16. The minimum absolute atomic E-state index is 0.240. The van der Waals surface area contributed by atoms with Gasteiger partial charge in [-0.2, -0.15) is 0 Å². The molecule has 11 heavy (non-hydrogen) atoms. The summed E-state index contributed by atoms with van der Waals surface area (Å²) >= 11 is 3.11. The molecule has 1 heterocycles. The van der Waals surface area contributed by atoms with Gasteiger partial charge in [-0.15, -0.1) is 0 Å². The molecule has 3 N–H and O–H groups in total. The predicted octanol–water partition coefficient (Wildman–Crippen LogP) is 1.13. The van der Waals surface area contributed by atoms with E-state index in [4.69, 9.17) is 15.3 Å². The van der Waals surface area contributed by atoms with Gasteiger partial charge in [-0.1, -0.05) is 0 Å². The van der Waals surface area contributed by atoms with Gasteiger partial charge in [0.25, 0.3) is 0 Å². The maximum absolute atomic E-state index is 10.3. The summed E-state index contributed by atoms with van der Waals surface area (Å²) in [5, 5.41) is 8.44. The van der Waals surface area contributed by atoms with Crippen LogP contribution in [0.1, 0.15) is 11.8 Å². The fourth-order valence-corrected chi connectivity index (χ4v) is 0.932. The van der Waals surface area contributed by atoms with E-state index in [9.17, 15) is 4.79 Å². The molecule has 5 heteroatoms. The average molecular weight is 220 g/mol. The first kappa shape index (κ1) is 8.29. The van der Waals surface area contributed by atoms with E-state index in [1.165, 1.54) is 12.3 Å². The molecule has 0 spiro atoms. The predicted molar refractivity (Wildman–Crippen MR) is 41.0 cm³/mol. The molecule has 0 bridgehead atoms. The number of carboxylic acid groups (broad SMARTS) is 1. The molecule has 0 saturated heterocycles. The highest BCUT2D eigenvalue weighted by Crippen LogP contribution is 2.18. The molecule has 0 aliphatic rings. The molecule has 1 aromatic rings. The number of carboxylic acids is 1. The second-order valence-electron chi connectivity index (χ2n) is 1.98. The van der Waals surface area contributed by atoms with Gasteiger partial charge in [-0.3, -0.25) is 4.79 Å². The first-order valence-electron chi connectivity index (χ1n) is 2.83. The van der Waals surface area contributed by atoms with Crippen LogP contribution in [-0.2, 0) is 4.79 Å². The SMILES string of the molecule is N[C@H](C(=O)O)c1cc(Br)co1. The largest absolute Gasteiger partial charge is 0.480 e. The van der Waals surface area contributed by atoms with Gasteiger partial charge in [0.15, 0.2) is 6.04 Å². The Morgan fingerprint density at radius 1 is 1.82 bits per heavy atom. The van der Waals surface area contributed by atoms with Crippen molar-refractivity contribution in [3.63, 3.8) is 0 Å². The van der Waals surface area contributed by atoms with Crippen molar-refractivity contribution in [3.8, 4) is 0 Å². The zero-order valence-corrected chi connectivity index (χ0v) is 7.04. The molecular formula is C6H6BrNO3. The van der Waals surface area contributed by atoms with Gasteiger partial charge >= 0.3 is 5.97 Å². The maximum Gasteiger partial charge on any atom is 0.328 e. The Kier molecular flexibility index (Phi) is 2.31. The topological polar surface area (TPSA) is 76.5 Å². The van der Waals surface area contributed by atoms with Crippen molar-refractivity contribution in [2.24, 2.45) is 5.73 Å². The van der Waals surface area contributed by atoms with Crippen LogP contribution in [0.3, 0.4) is 0 Å². The van der Waals surface area contributed by atoms with E-state index in [0.29, 0.717) is 4.47 Å². The number of furan rings is 1. The number of aliphatic carboxylic acids is 1. The van der Waals surface area contributed by atoms with Crippen molar-refractivity contribution in [1.29, 1.82) is 0 Å². The molecule has 0 saturated carbocycles. The second kappa shape index (κ2) is 3.06. The number of nitrogens with two attached hydrogens (primary N) is 1. The molecule has 0 fully saturated rings. The number of hydrogen-bond donors (Lipinski definition) is 2. The first-order chi connectivity index (χ1) is 5.11. The molecule has 0 radical (unpaired) electrons. The van der Waals surface area contributed by atoms with E-state index in [1.54, 1.807) is 0 Å². The van der Waals surface area contributed by atoms with Crippen LogP contribution in [0.4, 0.5) is 0 Å². The zero-order chi connectivity index (χ0) is 8.43. The average Bonchev–Trinajstić information content (AvgIpc) is 2.34. The van der Waals surface area contributed by atoms with Crippen LogP contribution in [0.15, 0.2) is 21.2 Å². The standard InChI is InChI=1S/C6H6BrNO3/c7-3-1-4(11-2-3)5(8)6(9)10/h1-2,5H,8H2,(H,9,10)/t5-/m0/s1. The van der Waals surface area contributed by atoms with Crippen molar-refractivity contribution in [3.05, 3.63) is 22.6 Å². The van der Waals surface area contributed by atoms with E-state index in [0.717, 1.165) is 0 Å². The summed E-state index contributed by atoms with van der Waals surface area (Å²) in [5.41, 5.74) is 5.24. The Hall–Kier alpha value is -0.810. The van der Waals surface area contributed by atoms with Crippen molar-refractivity contribution in [2.45, 2.75) is 6.04 Å². The maximum atomic E-state index is 10.3. The second-order valence-corrected chi connectivity index (χ2v) is 2.90. The van der Waals surface area contributed by atoms with E-state index in [1.807, 2.05) is 0 Å². The molecule has 0 unspecified atom stereocenters. The van der Waals surface area contributed by atoms with Crippen molar-refractivity contribution >= 4 is 21.9 Å². The smallest absolute Gasteiger partial charge is 0.328 e. The Balaban J connectivity index is 2.84. The van der Waals surface area contributed by atoms with Gasteiger partial charge in [0, 0.05) is 0 Å². The van der Waals surface area contributed by atoms with E-state index >= 15 is 0 Å². The quantitative estimate of drug-likeness (QED) is 0.782. The highest BCUT2D eigenvalue weighted by atomic mass is 79.9. The van der Waals surface area contributed by atoms with Crippen LogP contribution in [0.2, 0.25) is 0 Å². The highest BCUT2D eigenvalue weighted by Gasteiger charge is 2.17. The zero-order valence-electron chi connectivity index (χ0n) is 5.45. The van der Waals surface area contributed by atoms with Crippen molar-refractivity contribution in [2.75, 3.05) is 0 Å². The summed E-state index contributed by atoms with van der Waals surface area (Å²) in [6, 6.07) is 0.444. The fraction of sp³-hybridized carbons (Fsp3) is 0.167. The lowest BCUT2D eigenvalue weighted by Crippen LogP contribution is -2.19. The van der Waals surface area contributed by atoms with E-state index in [-0.39, 0.29) is 5.76 Å². The lowest BCUT2D eigenvalue weighted by molar-refractivity contribution is -0.139. The van der Waals surface area contributed by atoms with Crippen LogP contribution in [0, 0.1) is 0 Å². The van der Waals surface area contributed by atoms with Crippen LogP contribution >= 0.6 is 15.9 Å². The summed E-state index contributed by atoms with van der Waals surface area (Å²) in [6.45, 7) is 0. The summed E-state index contributed by atoms with van der Waals surface area (Å²) in [7, 11) is 0. The molecule has 1 rings (SSSR count). The normalized spacial score (nSPS) is 12.9. The number of hydrogen-bond acceptors (Lipinski definition) is 3. The van der Waals surface area contributed by atoms with Gasteiger partial charge in [0.2, 0.25) is 0 Å². The fourth-order valence-electron chi connectivity index (χ4n) is 0.613. The lowest BCUT2D eigenvalue weighted by atomic mass is 10.2. The first-order valence-corrected chi connectivity index (χ1v) is 3.63. The van der Waals surface area contributed by atoms with Gasteiger partial charge in [0.05, 0.1) is 4.47 Å². The van der Waals surface area contributed by atoms with Crippen LogP contribution in [0.25, 0.3) is 0 Å². The Morgan fingerprint density at radius 2 is 2.45 bits per heavy atom. The number of carbonyl (C=O) groups is 1. The monoisotopic (exact) mass is 219 g/mol. The highest BCUT2D eigenvalue weighted by molar-refractivity contribution is 9.10. The van der Waals surface area contributed by atoms with Gasteiger partial charge in [-0.25, -0.2) is 0 Å². The van der Waals surface area contributed by atoms with E-state index in [2.05, 4.69) is 15.9 Å². The molecule has 0 aromatic carbocycles. The van der Waals surface area contributed by atoms with Crippen LogP contribution in [-0.4, -0.2) is 11.1 Å². The summed E-state index contributed by atoms with van der Waals surface area (Å²) in [5.74, 6) is -0.865. The van der Waals surface area contributed by atoms with Crippen LogP contribution in [0.5, 0.6) is 0 Å². The van der Waals surface area contributed by atoms with Gasteiger partial charge in [0.1, 0.15) is 12.0 Å². The lowest BCUT2D eigenvalue weighted by Gasteiger charge is -1.99.